The molecule has 1 aromatic rings. The summed E-state index contributed by atoms with van der Waals surface area (Å²) in [5.41, 5.74) is 0. The van der Waals surface area contributed by atoms with Gasteiger partial charge in [-0.1, -0.05) is 0 Å². The number of imidazole rings is 1. The SMILES string of the molecule is FC(F)(F)CCn1c[c]nc1. The number of hydrogen-bond donors (Lipinski definition) is 0. The minimum Gasteiger partial charge on any atom is -0.336 e. The van der Waals surface area contributed by atoms with Crippen LogP contribution in [-0.4, -0.2) is 15.7 Å². The van der Waals surface area contributed by atoms with Gasteiger partial charge in [-0.3, -0.25) is 0 Å². The molecule has 1 rings (SSSR count). The third kappa shape index (κ3) is 3.06. The van der Waals surface area contributed by atoms with Gasteiger partial charge in [0.15, 0.2) is 0 Å². The summed E-state index contributed by atoms with van der Waals surface area (Å²) in [5.74, 6) is 0. The third-order valence-electron chi connectivity index (χ3n) is 1.16. The molecule has 0 amide bonds. The van der Waals surface area contributed by atoms with Crippen molar-refractivity contribution in [3.05, 3.63) is 18.7 Å². The maximum Gasteiger partial charge on any atom is 0.390 e. The molecule has 0 spiro atoms. The molecule has 0 aliphatic heterocycles. The molecule has 1 aromatic heterocycles. The Hall–Kier alpha value is -1.00. The smallest absolute Gasteiger partial charge is 0.336 e. The van der Waals surface area contributed by atoms with Gasteiger partial charge in [0, 0.05) is 12.7 Å². The van der Waals surface area contributed by atoms with Crippen LogP contribution in [0.1, 0.15) is 6.42 Å². The van der Waals surface area contributed by atoms with E-state index in [9.17, 15) is 13.2 Å². The highest BCUT2D eigenvalue weighted by atomic mass is 19.4. The van der Waals surface area contributed by atoms with E-state index in [4.69, 9.17) is 0 Å². The monoisotopic (exact) mass is 163 g/mol. The van der Waals surface area contributed by atoms with Gasteiger partial charge in [0.05, 0.1) is 12.7 Å². The van der Waals surface area contributed by atoms with Gasteiger partial charge in [0.2, 0.25) is 0 Å². The summed E-state index contributed by atoms with van der Waals surface area (Å²) in [6.45, 7) is -0.0833. The molecule has 0 aliphatic carbocycles. The molecule has 0 N–H and O–H groups in total. The zero-order valence-electron chi connectivity index (χ0n) is 5.60. The van der Waals surface area contributed by atoms with Crippen LogP contribution in [0.5, 0.6) is 0 Å². The summed E-state index contributed by atoms with van der Waals surface area (Å²) in [6, 6.07) is 0. The molecule has 0 saturated carbocycles. The lowest BCUT2D eigenvalue weighted by molar-refractivity contribution is -0.136. The highest BCUT2D eigenvalue weighted by Gasteiger charge is 2.26. The van der Waals surface area contributed by atoms with Crippen LogP contribution in [0.4, 0.5) is 13.2 Å². The van der Waals surface area contributed by atoms with Crippen LogP contribution in [-0.2, 0) is 6.54 Å². The van der Waals surface area contributed by atoms with Gasteiger partial charge in [0.1, 0.15) is 6.20 Å². The van der Waals surface area contributed by atoms with Crippen molar-refractivity contribution in [1.82, 2.24) is 9.55 Å². The summed E-state index contributed by atoms with van der Waals surface area (Å²) >= 11 is 0. The number of hydrogen-bond acceptors (Lipinski definition) is 1. The lowest BCUT2D eigenvalue weighted by atomic mass is 10.4. The van der Waals surface area contributed by atoms with Crippen molar-refractivity contribution in [3.8, 4) is 0 Å². The molecule has 0 aromatic carbocycles. The Morgan fingerprint density at radius 2 is 2.18 bits per heavy atom. The number of halogens is 3. The summed E-state index contributed by atoms with van der Waals surface area (Å²) < 4.78 is 36.2. The minimum absolute atomic E-state index is 0.0833. The van der Waals surface area contributed by atoms with E-state index >= 15 is 0 Å². The number of rotatable bonds is 2. The fourth-order valence-electron chi connectivity index (χ4n) is 0.626. The molecule has 5 heteroatoms. The third-order valence-corrected chi connectivity index (χ3v) is 1.16. The summed E-state index contributed by atoms with van der Waals surface area (Å²) in [4.78, 5) is 3.49. The van der Waals surface area contributed by atoms with Gasteiger partial charge in [-0.15, -0.1) is 0 Å². The maximum atomic E-state index is 11.6. The van der Waals surface area contributed by atoms with E-state index < -0.39 is 12.6 Å². The predicted molar refractivity (Wildman–Crippen MR) is 31.7 cm³/mol. The van der Waals surface area contributed by atoms with Gasteiger partial charge in [0.25, 0.3) is 0 Å². The Kier molecular flexibility index (Phi) is 2.16. The van der Waals surface area contributed by atoms with Crippen molar-refractivity contribution in [1.29, 1.82) is 0 Å². The standard InChI is InChI=1S/C6H6F3N2/c7-6(8,9)1-3-11-4-2-10-5-11/h4-5H,1,3H2. The number of aryl methyl sites for hydroxylation is 1. The fraction of sp³-hybridized carbons (Fsp3) is 0.500. The Balaban J connectivity index is 2.35. The van der Waals surface area contributed by atoms with E-state index in [2.05, 4.69) is 11.2 Å². The predicted octanol–water partition coefficient (Wildman–Crippen LogP) is 1.64. The summed E-state index contributed by atoms with van der Waals surface area (Å²) in [5, 5.41) is 0. The first kappa shape index (κ1) is 8.10. The molecule has 1 heterocycles. The molecule has 2 nitrogen and oxygen atoms in total. The second-order valence-electron chi connectivity index (χ2n) is 2.11. The zero-order valence-corrected chi connectivity index (χ0v) is 5.60. The molecule has 0 unspecified atom stereocenters. The molecule has 0 atom stereocenters. The van der Waals surface area contributed by atoms with E-state index in [-0.39, 0.29) is 6.54 Å². The first-order valence-electron chi connectivity index (χ1n) is 3.02. The average molecular weight is 163 g/mol. The van der Waals surface area contributed by atoms with Crippen LogP contribution in [0.25, 0.3) is 0 Å². The molecule has 0 fully saturated rings. The van der Waals surface area contributed by atoms with Crippen molar-refractivity contribution in [2.45, 2.75) is 19.1 Å². The topological polar surface area (TPSA) is 17.8 Å². The Bertz CT molecular complexity index is 202. The Morgan fingerprint density at radius 1 is 1.45 bits per heavy atom. The van der Waals surface area contributed by atoms with Crippen LogP contribution < -0.4 is 0 Å². The first-order valence-corrected chi connectivity index (χ1v) is 3.02. The van der Waals surface area contributed by atoms with Gasteiger partial charge in [-0.25, -0.2) is 4.98 Å². The van der Waals surface area contributed by atoms with E-state index in [1.54, 1.807) is 0 Å². The minimum atomic E-state index is -4.09. The van der Waals surface area contributed by atoms with Gasteiger partial charge in [-0.05, 0) is 0 Å². The molecule has 1 radical (unpaired) electrons. The van der Waals surface area contributed by atoms with E-state index in [0.29, 0.717) is 0 Å². The van der Waals surface area contributed by atoms with Crippen molar-refractivity contribution >= 4 is 0 Å². The Labute approximate surface area is 61.7 Å². The number of alkyl halides is 3. The second kappa shape index (κ2) is 2.94. The number of nitrogens with zero attached hydrogens (tertiary/aromatic N) is 2. The number of aromatic nitrogens is 2. The van der Waals surface area contributed by atoms with Crippen molar-refractivity contribution in [2.24, 2.45) is 0 Å². The lowest BCUT2D eigenvalue weighted by Crippen LogP contribution is -2.11. The van der Waals surface area contributed by atoms with Crippen molar-refractivity contribution in [3.63, 3.8) is 0 Å². The molecule has 0 aliphatic rings. The molecular weight excluding hydrogens is 157 g/mol. The van der Waals surface area contributed by atoms with Crippen molar-refractivity contribution < 1.29 is 13.2 Å². The molecule has 61 valence electrons. The van der Waals surface area contributed by atoms with Crippen LogP contribution in [0.3, 0.4) is 0 Å². The van der Waals surface area contributed by atoms with Gasteiger partial charge >= 0.3 is 6.18 Å². The largest absolute Gasteiger partial charge is 0.390 e. The summed E-state index contributed by atoms with van der Waals surface area (Å²) in [7, 11) is 0. The molecular formula is C6H6F3N2. The van der Waals surface area contributed by atoms with E-state index in [1.807, 2.05) is 0 Å². The molecule has 0 saturated heterocycles. The average Bonchev–Trinajstić information content (AvgIpc) is 2.32. The molecule has 11 heavy (non-hydrogen) atoms. The zero-order chi connectivity index (χ0) is 8.32. The van der Waals surface area contributed by atoms with Gasteiger partial charge in [-0.2, -0.15) is 13.2 Å². The highest BCUT2D eigenvalue weighted by molar-refractivity contribution is 4.72. The maximum absolute atomic E-state index is 11.6. The lowest BCUT2D eigenvalue weighted by Gasteiger charge is -2.05. The van der Waals surface area contributed by atoms with E-state index in [0.717, 1.165) is 0 Å². The Morgan fingerprint density at radius 3 is 2.64 bits per heavy atom. The second-order valence-corrected chi connectivity index (χ2v) is 2.11. The van der Waals surface area contributed by atoms with Gasteiger partial charge < -0.3 is 4.57 Å². The van der Waals surface area contributed by atoms with E-state index in [1.165, 1.54) is 17.1 Å². The first-order chi connectivity index (χ1) is 5.08. The quantitative estimate of drug-likeness (QED) is 0.648. The van der Waals surface area contributed by atoms with Crippen LogP contribution in [0, 0.1) is 6.20 Å². The fourth-order valence-corrected chi connectivity index (χ4v) is 0.626. The summed E-state index contributed by atoms with van der Waals surface area (Å²) in [6.07, 6.45) is 0.188. The van der Waals surface area contributed by atoms with Crippen molar-refractivity contribution in [2.75, 3.05) is 0 Å². The van der Waals surface area contributed by atoms with Crippen LogP contribution in [0.2, 0.25) is 0 Å². The van der Waals surface area contributed by atoms with Crippen LogP contribution in [0.15, 0.2) is 12.5 Å². The van der Waals surface area contributed by atoms with Crippen LogP contribution >= 0.6 is 0 Å². The normalized spacial score (nSPS) is 11.9. The highest BCUT2D eigenvalue weighted by Crippen LogP contribution is 2.19. The molecule has 0 bridgehead atoms.